The fourth-order valence-corrected chi connectivity index (χ4v) is 4.95. The van der Waals surface area contributed by atoms with Gasteiger partial charge in [0.1, 0.15) is 11.4 Å². The first-order valence-electron chi connectivity index (χ1n) is 9.55. The second-order valence-corrected chi connectivity index (χ2v) is 8.20. The van der Waals surface area contributed by atoms with Crippen LogP contribution in [0.3, 0.4) is 0 Å². The van der Waals surface area contributed by atoms with Crippen LogP contribution >= 0.6 is 11.3 Å². The summed E-state index contributed by atoms with van der Waals surface area (Å²) in [5.41, 5.74) is -0.595. The fourth-order valence-electron chi connectivity index (χ4n) is 4.12. The first-order chi connectivity index (χ1) is 14.8. The van der Waals surface area contributed by atoms with Gasteiger partial charge in [-0.2, -0.15) is 23.3 Å². The van der Waals surface area contributed by atoms with Gasteiger partial charge in [-0.05, 0) is 48.7 Å². The Kier molecular flexibility index (Phi) is 4.52. The van der Waals surface area contributed by atoms with E-state index >= 15 is 0 Å². The van der Waals surface area contributed by atoms with Crippen LogP contribution in [0.5, 0.6) is 5.75 Å². The molecule has 0 fully saturated rings. The molecule has 0 spiro atoms. The van der Waals surface area contributed by atoms with Gasteiger partial charge >= 0.3 is 6.18 Å². The first-order valence-corrected chi connectivity index (χ1v) is 10.4. The number of rotatable bonds is 3. The fraction of sp³-hybridized carbons (Fsp3) is 0.286. The van der Waals surface area contributed by atoms with Gasteiger partial charge in [0.05, 0.1) is 24.4 Å². The molecule has 0 amide bonds. The van der Waals surface area contributed by atoms with Crippen molar-refractivity contribution in [3.05, 3.63) is 59.1 Å². The number of methoxy groups -OCH3 is 1. The number of hydrogen-bond donors (Lipinski definition) is 1. The van der Waals surface area contributed by atoms with Crippen molar-refractivity contribution in [3.8, 4) is 17.1 Å². The molecule has 1 aliphatic carbocycles. The zero-order valence-corrected chi connectivity index (χ0v) is 17.1. The van der Waals surface area contributed by atoms with E-state index in [2.05, 4.69) is 15.1 Å². The number of hydrogen-bond acceptors (Lipinski definition) is 7. The van der Waals surface area contributed by atoms with Crippen LogP contribution < -0.4 is 9.75 Å². The van der Waals surface area contributed by atoms with Gasteiger partial charge in [-0.3, -0.25) is 4.98 Å². The lowest BCUT2D eigenvalue weighted by molar-refractivity contribution is -0.268. The third-order valence-corrected chi connectivity index (χ3v) is 6.47. The number of aliphatic hydroxyl groups is 1. The van der Waals surface area contributed by atoms with Crippen LogP contribution in [-0.2, 0) is 6.42 Å². The van der Waals surface area contributed by atoms with Crippen LogP contribution in [0.4, 0.5) is 18.3 Å². The summed E-state index contributed by atoms with van der Waals surface area (Å²) in [6.45, 7) is 0. The average molecular weight is 446 g/mol. The van der Waals surface area contributed by atoms with Gasteiger partial charge in [0.15, 0.2) is 0 Å². The highest BCUT2D eigenvalue weighted by Gasteiger charge is 2.68. The number of hydrazone groups is 1. The SMILES string of the molecule is COc1ccc2c(c1)CC[C@H]1C2=NN(c2nc(-c3ccccn3)cs2)[C@]1(O)C(F)(F)F. The van der Waals surface area contributed by atoms with Crippen molar-refractivity contribution in [2.75, 3.05) is 12.1 Å². The van der Waals surface area contributed by atoms with E-state index < -0.39 is 17.8 Å². The van der Waals surface area contributed by atoms with Crippen LogP contribution in [0, 0.1) is 5.92 Å². The zero-order chi connectivity index (χ0) is 21.8. The summed E-state index contributed by atoms with van der Waals surface area (Å²) in [6.07, 6.45) is -2.89. The van der Waals surface area contributed by atoms with E-state index in [0.29, 0.717) is 34.1 Å². The molecular weight excluding hydrogens is 429 g/mol. The largest absolute Gasteiger partial charge is 0.497 e. The van der Waals surface area contributed by atoms with E-state index in [4.69, 9.17) is 4.74 Å². The second-order valence-electron chi connectivity index (χ2n) is 7.37. The maximum Gasteiger partial charge on any atom is 0.439 e. The molecule has 31 heavy (non-hydrogen) atoms. The lowest BCUT2D eigenvalue weighted by Gasteiger charge is -2.38. The number of thiazole rings is 1. The topological polar surface area (TPSA) is 70.8 Å². The molecule has 2 aromatic heterocycles. The van der Waals surface area contributed by atoms with Crippen molar-refractivity contribution in [1.82, 2.24) is 9.97 Å². The number of pyridine rings is 1. The highest BCUT2D eigenvalue weighted by molar-refractivity contribution is 7.14. The zero-order valence-electron chi connectivity index (χ0n) is 16.3. The minimum atomic E-state index is -4.94. The number of benzene rings is 1. The number of aromatic nitrogens is 2. The molecule has 0 bridgehead atoms. The average Bonchev–Trinajstić information content (AvgIpc) is 3.37. The van der Waals surface area contributed by atoms with E-state index in [1.54, 1.807) is 48.0 Å². The Balaban J connectivity index is 1.62. The van der Waals surface area contributed by atoms with Crippen LogP contribution in [-0.4, -0.2) is 39.8 Å². The number of halogens is 3. The molecule has 0 radical (unpaired) electrons. The predicted octanol–water partition coefficient (Wildman–Crippen LogP) is 4.25. The molecule has 160 valence electrons. The highest BCUT2D eigenvalue weighted by Crippen LogP contribution is 2.51. The molecule has 10 heteroatoms. The first kappa shape index (κ1) is 20.0. The second kappa shape index (κ2) is 7.03. The van der Waals surface area contributed by atoms with Gasteiger partial charge in [0.25, 0.3) is 5.72 Å². The number of fused-ring (bicyclic) bond motifs is 3. The number of ether oxygens (including phenoxy) is 1. The molecule has 1 N–H and O–H groups in total. The van der Waals surface area contributed by atoms with Gasteiger partial charge in [-0.25, -0.2) is 4.98 Å². The molecule has 2 aliphatic rings. The third-order valence-electron chi connectivity index (χ3n) is 5.66. The third kappa shape index (κ3) is 3.01. The summed E-state index contributed by atoms with van der Waals surface area (Å²) in [5.74, 6) is -0.603. The summed E-state index contributed by atoms with van der Waals surface area (Å²) in [7, 11) is 1.53. The van der Waals surface area contributed by atoms with E-state index in [0.717, 1.165) is 16.9 Å². The molecular formula is C21H17F3N4O2S. The Morgan fingerprint density at radius 3 is 2.77 bits per heavy atom. The Labute approximate surface area is 179 Å². The molecule has 0 saturated carbocycles. The molecule has 1 aliphatic heterocycles. The number of aryl methyl sites for hydroxylation is 1. The number of anilines is 1. The molecule has 6 nitrogen and oxygen atoms in total. The summed E-state index contributed by atoms with van der Waals surface area (Å²) < 4.78 is 48.0. The summed E-state index contributed by atoms with van der Waals surface area (Å²) in [5, 5.41) is 17.5. The van der Waals surface area contributed by atoms with Crippen molar-refractivity contribution in [3.63, 3.8) is 0 Å². The van der Waals surface area contributed by atoms with Crippen molar-refractivity contribution in [2.45, 2.75) is 24.7 Å². The molecule has 2 atom stereocenters. The number of nitrogens with zero attached hydrogens (tertiary/aromatic N) is 4. The normalized spacial score (nSPS) is 22.7. The van der Waals surface area contributed by atoms with Crippen molar-refractivity contribution in [2.24, 2.45) is 11.0 Å². The minimum absolute atomic E-state index is 0.0440. The minimum Gasteiger partial charge on any atom is -0.497 e. The quantitative estimate of drug-likeness (QED) is 0.651. The van der Waals surface area contributed by atoms with E-state index in [-0.39, 0.29) is 17.3 Å². The maximum atomic E-state index is 14.3. The lowest BCUT2D eigenvalue weighted by atomic mass is 9.77. The summed E-state index contributed by atoms with van der Waals surface area (Å²) >= 11 is 0.981. The Morgan fingerprint density at radius 2 is 2.06 bits per heavy atom. The molecule has 0 saturated heterocycles. The highest BCUT2D eigenvalue weighted by atomic mass is 32.1. The van der Waals surface area contributed by atoms with Gasteiger partial charge in [0.2, 0.25) is 5.13 Å². The van der Waals surface area contributed by atoms with E-state index in [9.17, 15) is 18.3 Å². The van der Waals surface area contributed by atoms with Gasteiger partial charge < -0.3 is 9.84 Å². The van der Waals surface area contributed by atoms with Gasteiger partial charge in [0, 0.05) is 17.1 Å². The monoisotopic (exact) mass is 446 g/mol. The molecule has 3 aromatic rings. The summed E-state index contributed by atoms with van der Waals surface area (Å²) in [4.78, 5) is 8.49. The maximum absolute atomic E-state index is 14.3. The number of alkyl halides is 3. The van der Waals surface area contributed by atoms with Crippen molar-refractivity contribution in [1.29, 1.82) is 0 Å². The van der Waals surface area contributed by atoms with Crippen molar-refractivity contribution >= 4 is 22.2 Å². The molecule has 0 unspecified atom stereocenters. The predicted molar refractivity (Wildman–Crippen MR) is 110 cm³/mol. The smallest absolute Gasteiger partial charge is 0.439 e. The Bertz CT molecular complexity index is 1160. The van der Waals surface area contributed by atoms with Crippen LogP contribution in [0.1, 0.15) is 17.5 Å². The molecule has 5 rings (SSSR count). The molecule has 3 heterocycles. The van der Waals surface area contributed by atoms with Crippen LogP contribution in [0.2, 0.25) is 0 Å². The van der Waals surface area contributed by atoms with Crippen molar-refractivity contribution < 1.29 is 23.0 Å². The van der Waals surface area contributed by atoms with Crippen LogP contribution in [0.25, 0.3) is 11.4 Å². The van der Waals surface area contributed by atoms with E-state index in [1.807, 2.05) is 0 Å². The van der Waals surface area contributed by atoms with Crippen LogP contribution in [0.15, 0.2) is 53.1 Å². The molecule has 1 aromatic carbocycles. The van der Waals surface area contributed by atoms with Gasteiger partial charge in [-0.1, -0.05) is 6.07 Å². The lowest BCUT2D eigenvalue weighted by Crippen LogP contribution is -2.60. The summed E-state index contributed by atoms with van der Waals surface area (Å²) in [6, 6.07) is 10.4. The Hall–Kier alpha value is -2.98. The van der Waals surface area contributed by atoms with Gasteiger partial charge in [-0.15, -0.1) is 11.3 Å². The van der Waals surface area contributed by atoms with E-state index in [1.165, 1.54) is 7.11 Å². The Morgan fingerprint density at radius 1 is 1.23 bits per heavy atom. The standard InChI is InChI=1S/C21H17F3N4O2S/c1-30-13-6-7-14-12(10-13)5-8-15-18(14)27-28(20(15,29)21(22,23)24)19-26-17(11-31-19)16-4-2-3-9-25-16/h2-4,6-7,9-11,15,29H,5,8H2,1H3/t15-,20+/m0/s1.